The summed E-state index contributed by atoms with van der Waals surface area (Å²) in [5.74, 6) is -2.60. The number of ether oxygens (including phenoxy) is 2. The number of pyridine rings is 1. The molecule has 4 atom stereocenters. The van der Waals surface area contributed by atoms with Crippen LogP contribution in [0.4, 0.5) is 17.1 Å². The number of aromatic hydroxyl groups is 1. The largest absolute Gasteiger partial charge is 0.504 e. The van der Waals surface area contributed by atoms with Gasteiger partial charge in [-0.25, -0.2) is 0 Å². The summed E-state index contributed by atoms with van der Waals surface area (Å²) >= 11 is 2.05. The summed E-state index contributed by atoms with van der Waals surface area (Å²) in [7, 11) is 3.04. The predicted molar refractivity (Wildman–Crippen MR) is 204 cm³/mol. The number of phenols is 1. The standard InChI is InChI=1S/C40H40IN3O7/c1-50-23-26-21-30-37(40(49)44(39(30)48)29-14-12-28(13-15-29)43-27-8-4-3-5-9-27)31(22-45)36(26)34(46)16-11-25(33-10-6-7-17-42-33)18-24-19-32(41)38(47)35(20-24)51-2/h3-10,12-15,17-20,30-31,34,37,43,45-47H,11,16,21-23H2,1-2H3/b25-18-/t30-,31+,34-,37-/m1/s1. The van der Waals surface area contributed by atoms with E-state index in [9.17, 15) is 24.9 Å². The molecule has 1 saturated heterocycles. The molecule has 1 aliphatic heterocycles. The van der Waals surface area contributed by atoms with Gasteiger partial charge in [0.1, 0.15) is 0 Å². The number of rotatable bonds is 13. The fourth-order valence-corrected chi connectivity index (χ4v) is 7.84. The number of aliphatic hydroxyl groups excluding tert-OH is 2. The number of hydrogen-bond donors (Lipinski definition) is 4. The number of carbonyl (C=O) groups is 2. The average molecular weight is 802 g/mol. The number of nitrogens with one attached hydrogen (secondary N) is 1. The SMILES string of the molecule is COCC1=C([C@H](O)CC/C(=C/c2cc(I)c(O)c(OC)c2)c2ccccn2)[C@H](CO)[C@@H]2C(=O)N(c3ccc(Nc4ccccc4)cc3)C(=O)[C@@H]2C1. The molecule has 1 aromatic heterocycles. The van der Waals surface area contributed by atoms with Gasteiger partial charge in [0.2, 0.25) is 11.8 Å². The minimum absolute atomic E-state index is 0.0592. The lowest BCUT2D eigenvalue weighted by molar-refractivity contribution is -0.123. The molecule has 2 aliphatic rings. The third kappa shape index (κ3) is 7.71. The Morgan fingerprint density at radius 3 is 2.41 bits per heavy atom. The van der Waals surface area contributed by atoms with Crippen molar-refractivity contribution in [3.63, 3.8) is 0 Å². The third-order valence-electron chi connectivity index (χ3n) is 9.54. The molecular formula is C40H40IN3O7. The van der Waals surface area contributed by atoms with Crippen molar-refractivity contribution >= 4 is 63.1 Å². The Labute approximate surface area is 310 Å². The number of hydrogen-bond acceptors (Lipinski definition) is 9. The first-order chi connectivity index (χ1) is 24.7. The van der Waals surface area contributed by atoms with Gasteiger partial charge in [-0.1, -0.05) is 24.3 Å². The Bertz CT molecular complexity index is 1930. The minimum atomic E-state index is -1.03. The van der Waals surface area contributed by atoms with Crippen LogP contribution in [-0.2, 0) is 14.3 Å². The number of carbonyl (C=O) groups excluding carboxylic acids is 2. The Hall–Kier alpha value is -4.56. The number of nitrogens with zero attached hydrogens (tertiary/aromatic N) is 2. The zero-order valence-corrected chi connectivity index (χ0v) is 30.5. The molecule has 0 spiro atoms. The number of fused-ring (bicyclic) bond motifs is 1. The fourth-order valence-electron chi connectivity index (χ4n) is 7.21. The molecule has 3 aromatic carbocycles. The summed E-state index contributed by atoms with van der Waals surface area (Å²) in [4.78, 5) is 33.8. The number of phenolic OH excluding ortho intramolecular Hbond substituents is 1. The fraction of sp³-hybridized carbons (Fsp3) is 0.275. The summed E-state index contributed by atoms with van der Waals surface area (Å²) in [5.41, 5.74) is 5.79. The normalized spacial score (nSPS) is 19.7. The van der Waals surface area contributed by atoms with Crippen LogP contribution >= 0.6 is 22.6 Å². The molecular weight excluding hydrogens is 761 g/mol. The van der Waals surface area contributed by atoms with Gasteiger partial charge in [-0.3, -0.25) is 19.5 Å². The third-order valence-corrected chi connectivity index (χ3v) is 10.4. The average Bonchev–Trinajstić information content (AvgIpc) is 3.40. The van der Waals surface area contributed by atoms with E-state index >= 15 is 0 Å². The maximum atomic E-state index is 14.1. The van der Waals surface area contributed by atoms with Crippen molar-refractivity contribution in [1.82, 2.24) is 4.98 Å². The second-order valence-electron chi connectivity index (χ2n) is 12.7. The van der Waals surface area contributed by atoms with E-state index in [1.165, 1.54) is 12.0 Å². The van der Waals surface area contributed by atoms with Crippen molar-refractivity contribution in [2.45, 2.75) is 25.4 Å². The molecule has 0 saturated carbocycles. The van der Waals surface area contributed by atoms with Gasteiger partial charge >= 0.3 is 0 Å². The quantitative estimate of drug-likeness (QED) is 0.0670. The summed E-state index contributed by atoms with van der Waals surface area (Å²) in [6, 6.07) is 26.0. The molecule has 1 aliphatic carbocycles. The lowest BCUT2D eigenvalue weighted by Gasteiger charge is -2.36. The predicted octanol–water partition coefficient (Wildman–Crippen LogP) is 6.59. The number of para-hydroxylation sites is 1. The van der Waals surface area contributed by atoms with E-state index in [4.69, 9.17) is 9.47 Å². The van der Waals surface area contributed by atoms with Crippen LogP contribution in [0.2, 0.25) is 0 Å². The number of benzene rings is 3. The van der Waals surface area contributed by atoms with Crippen LogP contribution < -0.4 is 15.0 Å². The monoisotopic (exact) mass is 801 g/mol. The Kier molecular flexibility index (Phi) is 11.5. The van der Waals surface area contributed by atoms with Crippen LogP contribution in [0.15, 0.2) is 102 Å². The van der Waals surface area contributed by atoms with Crippen LogP contribution in [-0.4, -0.2) is 65.7 Å². The number of aromatic nitrogens is 1. The Morgan fingerprint density at radius 2 is 1.75 bits per heavy atom. The number of halogens is 1. The lowest BCUT2D eigenvalue weighted by atomic mass is 9.68. The number of allylic oxidation sites excluding steroid dienone is 1. The maximum absolute atomic E-state index is 14.1. The first-order valence-corrected chi connectivity index (χ1v) is 17.8. The van der Waals surface area contributed by atoms with E-state index in [0.29, 0.717) is 27.0 Å². The van der Waals surface area contributed by atoms with Crippen LogP contribution in [0, 0.1) is 21.3 Å². The van der Waals surface area contributed by atoms with Crippen molar-refractivity contribution in [3.8, 4) is 11.5 Å². The topological polar surface area (TPSA) is 141 Å². The van der Waals surface area contributed by atoms with E-state index in [-0.39, 0.29) is 37.0 Å². The second kappa shape index (κ2) is 16.2. The van der Waals surface area contributed by atoms with Gasteiger partial charge in [0.25, 0.3) is 0 Å². The first kappa shape index (κ1) is 36.2. The highest BCUT2D eigenvalue weighted by molar-refractivity contribution is 14.1. The number of aliphatic hydroxyl groups is 2. The van der Waals surface area contributed by atoms with Crippen LogP contribution in [0.3, 0.4) is 0 Å². The molecule has 264 valence electrons. The molecule has 4 N–H and O–H groups in total. The van der Waals surface area contributed by atoms with Crippen molar-refractivity contribution in [3.05, 3.63) is 117 Å². The van der Waals surface area contributed by atoms with E-state index in [2.05, 4.69) is 10.3 Å². The van der Waals surface area contributed by atoms with Gasteiger partial charge in [-0.15, -0.1) is 0 Å². The maximum Gasteiger partial charge on any atom is 0.238 e. The number of amides is 2. The summed E-state index contributed by atoms with van der Waals surface area (Å²) in [6.07, 6.45) is 3.51. The number of anilines is 3. The highest BCUT2D eigenvalue weighted by atomic mass is 127. The van der Waals surface area contributed by atoms with Gasteiger partial charge < -0.3 is 30.1 Å². The van der Waals surface area contributed by atoms with Gasteiger partial charge in [-0.05, 0) is 131 Å². The minimum Gasteiger partial charge on any atom is -0.504 e. The van der Waals surface area contributed by atoms with Crippen molar-refractivity contribution in [2.24, 2.45) is 17.8 Å². The Balaban J connectivity index is 1.26. The van der Waals surface area contributed by atoms with Crippen LogP contribution in [0.1, 0.15) is 30.5 Å². The number of imide groups is 1. The van der Waals surface area contributed by atoms with Gasteiger partial charge in [0.15, 0.2) is 11.5 Å². The van der Waals surface area contributed by atoms with Crippen molar-refractivity contribution in [1.29, 1.82) is 0 Å². The smallest absolute Gasteiger partial charge is 0.238 e. The zero-order valence-electron chi connectivity index (χ0n) is 28.3. The van der Waals surface area contributed by atoms with E-state index in [0.717, 1.165) is 33.8 Å². The van der Waals surface area contributed by atoms with E-state index in [1.54, 1.807) is 31.5 Å². The molecule has 4 aromatic rings. The van der Waals surface area contributed by atoms with Gasteiger partial charge in [-0.2, -0.15) is 0 Å². The van der Waals surface area contributed by atoms with Gasteiger partial charge in [0, 0.05) is 30.6 Å². The molecule has 11 heteroatoms. The number of methoxy groups -OCH3 is 2. The highest BCUT2D eigenvalue weighted by Crippen LogP contribution is 2.47. The van der Waals surface area contributed by atoms with Crippen LogP contribution in [0.5, 0.6) is 11.5 Å². The molecule has 10 nitrogen and oxygen atoms in total. The molecule has 1 fully saturated rings. The summed E-state index contributed by atoms with van der Waals surface area (Å²) < 4.78 is 11.5. The molecule has 0 unspecified atom stereocenters. The van der Waals surface area contributed by atoms with Crippen LogP contribution in [0.25, 0.3) is 11.6 Å². The van der Waals surface area contributed by atoms with Crippen molar-refractivity contribution in [2.75, 3.05) is 37.7 Å². The lowest BCUT2D eigenvalue weighted by Crippen LogP contribution is -2.39. The molecule has 0 radical (unpaired) electrons. The molecule has 51 heavy (non-hydrogen) atoms. The van der Waals surface area contributed by atoms with Crippen molar-refractivity contribution < 1.29 is 34.4 Å². The summed E-state index contributed by atoms with van der Waals surface area (Å²) in [5, 5.41) is 36.3. The molecule has 2 heterocycles. The zero-order chi connectivity index (χ0) is 36.1. The highest BCUT2D eigenvalue weighted by Gasteiger charge is 2.55. The second-order valence-corrected chi connectivity index (χ2v) is 13.8. The van der Waals surface area contributed by atoms with Gasteiger partial charge in [0.05, 0.1) is 53.2 Å². The molecule has 6 rings (SSSR count). The van der Waals surface area contributed by atoms with E-state index in [1.807, 2.05) is 95.4 Å². The van der Waals surface area contributed by atoms with E-state index < -0.39 is 30.5 Å². The summed E-state index contributed by atoms with van der Waals surface area (Å²) in [6.45, 7) is -0.260. The first-order valence-electron chi connectivity index (χ1n) is 16.7. The Morgan fingerprint density at radius 1 is 1.02 bits per heavy atom. The molecule has 0 bridgehead atoms. The molecule has 2 amide bonds.